The third-order valence-electron chi connectivity index (χ3n) is 3.10. The molecule has 3 heteroatoms. The van der Waals surface area contributed by atoms with E-state index < -0.39 is 0 Å². The number of halogens is 1. The first-order chi connectivity index (χ1) is 7.84. The Bertz CT molecular complexity index is 296. The summed E-state index contributed by atoms with van der Waals surface area (Å²) in [7, 11) is 0. The highest BCUT2D eigenvalue weighted by Gasteiger charge is 2.17. The Labute approximate surface area is 102 Å². The lowest BCUT2D eigenvalue weighted by Crippen LogP contribution is -2.27. The molecule has 0 spiro atoms. The minimum absolute atomic E-state index is 0.777. The lowest BCUT2D eigenvalue weighted by molar-refractivity contribution is 0.222. The Morgan fingerprint density at radius 2 is 1.88 bits per heavy atom. The van der Waals surface area contributed by atoms with Crippen LogP contribution in [0, 0.1) is 5.92 Å². The largest absolute Gasteiger partial charge is 0.494 e. The number of benzene rings is 1. The average Bonchev–Trinajstić information content (AvgIpc) is 2.33. The van der Waals surface area contributed by atoms with E-state index in [4.69, 9.17) is 16.5 Å². The van der Waals surface area contributed by atoms with Crippen molar-refractivity contribution in [3.05, 3.63) is 30.3 Å². The van der Waals surface area contributed by atoms with Gasteiger partial charge in [0.1, 0.15) is 5.75 Å². The van der Waals surface area contributed by atoms with Crippen LogP contribution in [0.25, 0.3) is 0 Å². The van der Waals surface area contributed by atoms with Crippen LogP contribution in [-0.2, 0) is 0 Å². The van der Waals surface area contributed by atoms with E-state index in [0.717, 1.165) is 37.8 Å². The summed E-state index contributed by atoms with van der Waals surface area (Å²) in [6.07, 6.45) is 3.53. The Hall–Kier alpha value is -0.730. The third kappa shape index (κ3) is 3.69. The molecule has 1 aliphatic rings. The smallest absolute Gasteiger partial charge is 0.119 e. The van der Waals surface area contributed by atoms with Gasteiger partial charge >= 0.3 is 0 Å². The zero-order valence-electron chi connectivity index (χ0n) is 9.44. The molecule has 1 aromatic rings. The fourth-order valence-electron chi connectivity index (χ4n) is 2.05. The van der Waals surface area contributed by atoms with E-state index in [9.17, 15) is 0 Å². The van der Waals surface area contributed by atoms with Crippen molar-refractivity contribution in [2.24, 2.45) is 5.92 Å². The summed E-state index contributed by atoms with van der Waals surface area (Å²) in [5.74, 6) is 1.75. The first-order valence-corrected chi connectivity index (χ1v) is 6.27. The van der Waals surface area contributed by atoms with E-state index in [1.165, 1.54) is 12.8 Å². The summed E-state index contributed by atoms with van der Waals surface area (Å²) in [4.78, 5) is 0. The normalized spacial score (nSPS) is 18.6. The van der Waals surface area contributed by atoms with E-state index >= 15 is 0 Å². The number of rotatable bonds is 4. The molecule has 1 saturated heterocycles. The van der Waals surface area contributed by atoms with Crippen LogP contribution >= 0.6 is 11.8 Å². The second kappa shape index (κ2) is 6.12. The van der Waals surface area contributed by atoms with Crippen molar-refractivity contribution < 1.29 is 4.74 Å². The topological polar surface area (TPSA) is 12.5 Å². The molecule has 0 atom stereocenters. The predicted molar refractivity (Wildman–Crippen MR) is 66.7 cm³/mol. The minimum Gasteiger partial charge on any atom is -0.494 e. The molecule has 0 aromatic heterocycles. The van der Waals surface area contributed by atoms with Gasteiger partial charge in [-0.25, -0.2) is 4.42 Å². The van der Waals surface area contributed by atoms with E-state index in [-0.39, 0.29) is 0 Å². The van der Waals surface area contributed by atoms with Gasteiger partial charge in [-0.05, 0) is 49.1 Å². The summed E-state index contributed by atoms with van der Waals surface area (Å²) in [5, 5.41) is 0. The van der Waals surface area contributed by atoms with E-state index in [1.54, 1.807) is 0 Å². The Kier molecular flexibility index (Phi) is 4.49. The number of hydrogen-bond donors (Lipinski definition) is 0. The first kappa shape index (κ1) is 11.7. The molecule has 0 N–H and O–H groups in total. The fourth-order valence-corrected chi connectivity index (χ4v) is 2.25. The Morgan fingerprint density at radius 1 is 1.19 bits per heavy atom. The van der Waals surface area contributed by atoms with Crippen LogP contribution in [0.2, 0.25) is 0 Å². The highest BCUT2D eigenvalue weighted by Crippen LogP contribution is 2.21. The molecule has 1 heterocycles. The van der Waals surface area contributed by atoms with Gasteiger partial charge in [-0.2, -0.15) is 0 Å². The molecule has 1 fully saturated rings. The van der Waals surface area contributed by atoms with Crippen molar-refractivity contribution in [3.8, 4) is 5.75 Å². The SMILES string of the molecule is ClN1CCC(CCOc2ccccc2)CC1. The monoisotopic (exact) mass is 239 g/mol. The average molecular weight is 240 g/mol. The van der Waals surface area contributed by atoms with Crippen LogP contribution in [0.3, 0.4) is 0 Å². The van der Waals surface area contributed by atoms with Gasteiger partial charge in [-0.15, -0.1) is 0 Å². The molecule has 2 nitrogen and oxygen atoms in total. The fraction of sp³-hybridized carbons (Fsp3) is 0.538. The van der Waals surface area contributed by atoms with Gasteiger partial charge in [0.25, 0.3) is 0 Å². The summed E-state index contributed by atoms with van der Waals surface area (Å²) in [6.45, 7) is 2.84. The molecule has 0 saturated carbocycles. The summed E-state index contributed by atoms with van der Waals surface area (Å²) in [6, 6.07) is 10.0. The van der Waals surface area contributed by atoms with Crippen LogP contribution in [-0.4, -0.2) is 24.1 Å². The molecule has 0 radical (unpaired) electrons. The van der Waals surface area contributed by atoms with E-state index in [1.807, 2.05) is 34.8 Å². The van der Waals surface area contributed by atoms with Crippen molar-refractivity contribution in [2.45, 2.75) is 19.3 Å². The third-order valence-corrected chi connectivity index (χ3v) is 3.44. The number of piperidine rings is 1. The number of nitrogens with zero attached hydrogens (tertiary/aromatic N) is 1. The van der Waals surface area contributed by atoms with Gasteiger partial charge in [0.05, 0.1) is 6.61 Å². The molecule has 0 aliphatic carbocycles. The van der Waals surface area contributed by atoms with Crippen LogP contribution in [0.15, 0.2) is 30.3 Å². The number of ether oxygens (including phenoxy) is 1. The zero-order chi connectivity index (χ0) is 11.2. The van der Waals surface area contributed by atoms with Crippen molar-refractivity contribution in [3.63, 3.8) is 0 Å². The molecule has 1 aliphatic heterocycles. The van der Waals surface area contributed by atoms with Gasteiger partial charge in [0, 0.05) is 13.1 Å². The Balaban J connectivity index is 1.65. The lowest BCUT2D eigenvalue weighted by atomic mass is 9.95. The zero-order valence-corrected chi connectivity index (χ0v) is 10.2. The van der Waals surface area contributed by atoms with Gasteiger partial charge in [-0.1, -0.05) is 18.2 Å². The highest BCUT2D eigenvalue weighted by atomic mass is 35.5. The molecule has 16 heavy (non-hydrogen) atoms. The van der Waals surface area contributed by atoms with Crippen molar-refractivity contribution >= 4 is 11.8 Å². The van der Waals surface area contributed by atoms with Crippen LogP contribution in [0.1, 0.15) is 19.3 Å². The maximum Gasteiger partial charge on any atom is 0.119 e. The molecule has 2 rings (SSSR count). The molecular formula is C13H18ClNO. The van der Waals surface area contributed by atoms with Crippen LogP contribution in [0.4, 0.5) is 0 Å². The molecule has 1 aromatic carbocycles. The standard InChI is InChI=1S/C13H18ClNO/c14-15-9-6-12(7-10-15)8-11-16-13-4-2-1-3-5-13/h1-5,12H,6-11H2. The van der Waals surface area contributed by atoms with E-state index in [2.05, 4.69) is 0 Å². The summed E-state index contributed by atoms with van der Waals surface area (Å²) in [5.41, 5.74) is 0. The number of hydrogen-bond acceptors (Lipinski definition) is 2. The second-order valence-corrected chi connectivity index (χ2v) is 4.78. The quantitative estimate of drug-likeness (QED) is 0.748. The molecule has 0 unspecified atom stereocenters. The second-order valence-electron chi connectivity index (χ2n) is 4.30. The van der Waals surface area contributed by atoms with Gasteiger partial charge in [-0.3, -0.25) is 0 Å². The van der Waals surface area contributed by atoms with Crippen molar-refractivity contribution in [1.29, 1.82) is 0 Å². The molecular weight excluding hydrogens is 222 g/mol. The van der Waals surface area contributed by atoms with Gasteiger partial charge in [0.15, 0.2) is 0 Å². The predicted octanol–water partition coefficient (Wildman–Crippen LogP) is 3.32. The number of para-hydroxylation sites is 1. The van der Waals surface area contributed by atoms with Crippen LogP contribution in [0.5, 0.6) is 5.75 Å². The molecule has 0 bridgehead atoms. The highest BCUT2D eigenvalue weighted by molar-refractivity contribution is 6.13. The maximum absolute atomic E-state index is 5.91. The first-order valence-electron chi connectivity index (χ1n) is 5.93. The van der Waals surface area contributed by atoms with Gasteiger partial charge in [0.2, 0.25) is 0 Å². The van der Waals surface area contributed by atoms with Crippen LogP contribution < -0.4 is 4.74 Å². The minimum atomic E-state index is 0.777. The molecule has 0 amide bonds. The Morgan fingerprint density at radius 3 is 2.56 bits per heavy atom. The van der Waals surface area contributed by atoms with E-state index in [0.29, 0.717) is 0 Å². The van der Waals surface area contributed by atoms with Gasteiger partial charge < -0.3 is 4.74 Å². The maximum atomic E-state index is 5.91. The summed E-state index contributed by atoms with van der Waals surface area (Å²) < 4.78 is 7.57. The van der Waals surface area contributed by atoms with Crippen molar-refractivity contribution in [1.82, 2.24) is 4.42 Å². The van der Waals surface area contributed by atoms with Crippen molar-refractivity contribution in [2.75, 3.05) is 19.7 Å². The lowest BCUT2D eigenvalue weighted by Gasteiger charge is -2.26. The molecule has 88 valence electrons. The summed E-state index contributed by atoms with van der Waals surface area (Å²) >= 11 is 5.91.